The fraction of sp³-hybridized carbons (Fsp3) is 0.485. The Labute approximate surface area is 253 Å². The van der Waals surface area contributed by atoms with Crippen molar-refractivity contribution in [1.82, 2.24) is 15.5 Å². The van der Waals surface area contributed by atoms with E-state index in [4.69, 9.17) is 9.47 Å². The van der Waals surface area contributed by atoms with E-state index in [9.17, 15) is 24.0 Å². The second-order valence-corrected chi connectivity index (χ2v) is 12.2. The average Bonchev–Trinajstić information content (AvgIpc) is 3.50. The Morgan fingerprint density at radius 2 is 1.56 bits per heavy atom. The Kier molecular flexibility index (Phi) is 12.0. The van der Waals surface area contributed by atoms with Crippen molar-refractivity contribution in [2.75, 3.05) is 6.54 Å². The first kappa shape index (κ1) is 33.5. The van der Waals surface area contributed by atoms with E-state index in [0.29, 0.717) is 29.8 Å². The van der Waals surface area contributed by atoms with Crippen LogP contribution in [0.25, 0.3) is 0 Å². The SMILES string of the molecule is CC(C)C[C@H](C(=O)OC(C)(C)C)N(C(=O)C(=O)C1CCCN1)C(=O)[C@H](Cc1ccccc1)NC(=O)OCc1ccccc1. The molecule has 0 spiro atoms. The largest absolute Gasteiger partial charge is 0.458 e. The third-order valence-corrected chi connectivity index (χ3v) is 6.81. The smallest absolute Gasteiger partial charge is 0.408 e. The highest BCUT2D eigenvalue weighted by atomic mass is 16.6. The van der Waals surface area contributed by atoms with Gasteiger partial charge in [0, 0.05) is 6.42 Å². The topological polar surface area (TPSA) is 131 Å². The number of carbonyl (C=O) groups excluding carboxylic acids is 5. The second kappa shape index (κ2) is 15.4. The van der Waals surface area contributed by atoms with E-state index < -0.39 is 53.4 Å². The molecule has 1 heterocycles. The van der Waals surface area contributed by atoms with Crippen molar-refractivity contribution in [3.8, 4) is 0 Å². The molecule has 10 heteroatoms. The minimum atomic E-state index is -1.38. The first-order chi connectivity index (χ1) is 20.4. The van der Waals surface area contributed by atoms with Crippen molar-refractivity contribution in [2.24, 2.45) is 5.92 Å². The molecule has 1 aliphatic heterocycles. The number of ether oxygens (including phenoxy) is 2. The van der Waals surface area contributed by atoms with Gasteiger partial charge in [0.15, 0.2) is 0 Å². The molecule has 1 unspecified atom stereocenters. The highest BCUT2D eigenvalue weighted by molar-refractivity contribution is 6.41. The molecule has 0 saturated carbocycles. The lowest BCUT2D eigenvalue weighted by Crippen LogP contribution is -2.60. The predicted octanol–water partition coefficient (Wildman–Crippen LogP) is 3.96. The van der Waals surface area contributed by atoms with E-state index >= 15 is 0 Å². The molecule has 2 N–H and O–H groups in total. The summed E-state index contributed by atoms with van der Waals surface area (Å²) in [6.07, 6.45) is 0.305. The van der Waals surface area contributed by atoms with Crippen molar-refractivity contribution in [2.45, 2.75) is 90.6 Å². The van der Waals surface area contributed by atoms with Crippen LogP contribution in [0, 0.1) is 5.92 Å². The number of ketones is 1. The first-order valence-electron chi connectivity index (χ1n) is 14.7. The van der Waals surface area contributed by atoms with Crippen LogP contribution in [0.3, 0.4) is 0 Å². The van der Waals surface area contributed by atoms with E-state index in [2.05, 4.69) is 10.6 Å². The molecule has 232 valence electrons. The third-order valence-electron chi connectivity index (χ3n) is 6.81. The lowest BCUT2D eigenvalue weighted by molar-refractivity contribution is -0.171. The van der Waals surface area contributed by atoms with Crippen LogP contribution in [0.5, 0.6) is 0 Å². The summed E-state index contributed by atoms with van der Waals surface area (Å²) in [6, 6.07) is 14.5. The quantitative estimate of drug-likeness (QED) is 0.279. The second-order valence-electron chi connectivity index (χ2n) is 12.2. The number of rotatable bonds is 12. The Morgan fingerprint density at radius 3 is 2.09 bits per heavy atom. The van der Waals surface area contributed by atoms with Crippen molar-refractivity contribution < 1.29 is 33.4 Å². The Balaban J connectivity index is 1.99. The maximum Gasteiger partial charge on any atom is 0.408 e. The van der Waals surface area contributed by atoms with Gasteiger partial charge in [0.25, 0.3) is 11.8 Å². The fourth-order valence-electron chi connectivity index (χ4n) is 4.82. The highest BCUT2D eigenvalue weighted by Crippen LogP contribution is 2.21. The lowest BCUT2D eigenvalue weighted by atomic mass is 9.98. The molecule has 0 radical (unpaired) electrons. The standard InChI is InChI=1S/C33H43N3O7/c1-22(2)19-27(31(40)43-33(3,4)5)36(30(39)28(37)25-17-12-18-34-25)29(38)26(20-23-13-8-6-9-14-23)35-32(41)42-21-24-15-10-7-11-16-24/h6-11,13-16,22,25-27,34H,12,17-21H2,1-5H3,(H,35,41)/t25?,26-,27+/m0/s1. The number of imide groups is 1. The van der Waals surface area contributed by atoms with Gasteiger partial charge in [-0.2, -0.15) is 0 Å². The van der Waals surface area contributed by atoms with Crippen LogP contribution in [0.1, 0.15) is 65.0 Å². The zero-order valence-electron chi connectivity index (χ0n) is 25.6. The summed E-state index contributed by atoms with van der Waals surface area (Å²) < 4.78 is 11.0. The van der Waals surface area contributed by atoms with Gasteiger partial charge in [0.1, 0.15) is 24.3 Å². The zero-order valence-corrected chi connectivity index (χ0v) is 25.6. The van der Waals surface area contributed by atoms with Gasteiger partial charge in [0.05, 0.1) is 6.04 Å². The van der Waals surface area contributed by atoms with Gasteiger partial charge in [-0.15, -0.1) is 0 Å². The minimum Gasteiger partial charge on any atom is -0.458 e. The van der Waals surface area contributed by atoms with E-state index in [1.165, 1.54) is 0 Å². The van der Waals surface area contributed by atoms with Crippen LogP contribution in [-0.2, 0) is 41.7 Å². The monoisotopic (exact) mass is 593 g/mol. The molecule has 0 aliphatic carbocycles. The molecule has 43 heavy (non-hydrogen) atoms. The van der Waals surface area contributed by atoms with Crippen molar-refractivity contribution in [1.29, 1.82) is 0 Å². The summed E-state index contributed by atoms with van der Waals surface area (Å²) in [5.41, 5.74) is 0.527. The molecule has 3 atom stereocenters. The Morgan fingerprint density at radius 1 is 0.953 bits per heavy atom. The van der Waals surface area contributed by atoms with E-state index in [1.54, 1.807) is 57.2 Å². The number of nitrogens with one attached hydrogen (secondary N) is 2. The Hall–Kier alpha value is -4.05. The van der Waals surface area contributed by atoms with Crippen LogP contribution in [-0.4, -0.2) is 64.8 Å². The highest BCUT2D eigenvalue weighted by Gasteiger charge is 2.44. The van der Waals surface area contributed by atoms with Gasteiger partial charge >= 0.3 is 12.1 Å². The van der Waals surface area contributed by atoms with Crippen LogP contribution >= 0.6 is 0 Å². The summed E-state index contributed by atoms with van der Waals surface area (Å²) in [7, 11) is 0. The molecule has 2 aromatic carbocycles. The molecule has 0 aromatic heterocycles. The molecule has 10 nitrogen and oxygen atoms in total. The van der Waals surface area contributed by atoms with Crippen molar-refractivity contribution in [3.05, 3.63) is 71.8 Å². The molecule has 3 rings (SSSR count). The van der Waals surface area contributed by atoms with Gasteiger partial charge in [0.2, 0.25) is 5.78 Å². The molecular formula is C33H43N3O7. The van der Waals surface area contributed by atoms with Crippen molar-refractivity contribution in [3.63, 3.8) is 0 Å². The average molecular weight is 594 g/mol. The van der Waals surface area contributed by atoms with Crippen LogP contribution < -0.4 is 10.6 Å². The van der Waals surface area contributed by atoms with Crippen LogP contribution in [0.4, 0.5) is 4.79 Å². The fourth-order valence-corrected chi connectivity index (χ4v) is 4.82. The van der Waals surface area contributed by atoms with Gasteiger partial charge in [-0.1, -0.05) is 74.5 Å². The number of hydrogen-bond donors (Lipinski definition) is 2. The molecule has 2 aromatic rings. The number of benzene rings is 2. The van der Waals surface area contributed by atoms with Gasteiger partial charge in [-0.3, -0.25) is 19.3 Å². The lowest BCUT2D eigenvalue weighted by Gasteiger charge is -2.34. The number of hydrogen-bond acceptors (Lipinski definition) is 8. The number of esters is 1. The maximum absolute atomic E-state index is 14.4. The number of Topliss-reactive ketones (excluding diaryl/α,β-unsaturated/α-hetero) is 1. The van der Waals surface area contributed by atoms with Gasteiger partial charge in [-0.05, 0) is 63.6 Å². The van der Waals surface area contributed by atoms with Gasteiger partial charge < -0.3 is 20.1 Å². The number of nitrogens with zero attached hydrogens (tertiary/aromatic N) is 1. The molecule has 3 amide bonds. The molecule has 1 fully saturated rings. The Bertz CT molecular complexity index is 1250. The molecular weight excluding hydrogens is 550 g/mol. The first-order valence-corrected chi connectivity index (χ1v) is 14.7. The van der Waals surface area contributed by atoms with Crippen LogP contribution in [0.15, 0.2) is 60.7 Å². The molecule has 1 saturated heterocycles. The van der Waals surface area contributed by atoms with Crippen LogP contribution in [0.2, 0.25) is 0 Å². The third kappa shape index (κ3) is 10.3. The zero-order chi connectivity index (χ0) is 31.6. The summed E-state index contributed by atoms with van der Waals surface area (Å²) >= 11 is 0. The van der Waals surface area contributed by atoms with E-state index in [1.807, 2.05) is 38.1 Å². The minimum absolute atomic E-state index is 0.0114. The van der Waals surface area contributed by atoms with Crippen molar-refractivity contribution >= 4 is 29.7 Å². The number of carbonyl (C=O) groups is 5. The summed E-state index contributed by atoms with van der Waals surface area (Å²) in [5, 5.41) is 5.59. The normalized spacial score (nSPS) is 16.2. The maximum atomic E-state index is 14.4. The predicted molar refractivity (Wildman–Crippen MR) is 161 cm³/mol. The summed E-state index contributed by atoms with van der Waals surface area (Å²) in [4.78, 5) is 68.9. The molecule has 1 aliphatic rings. The summed E-state index contributed by atoms with van der Waals surface area (Å²) in [5.74, 6) is -3.77. The van der Waals surface area contributed by atoms with E-state index in [-0.39, 0.29) is 25.4 Å². The molecule has 0 bridgehead atoms. The number of amides is 3. The van der Waals surface area contributed by atoms with E-state index in [0.717, 1.165) is 5.56 Å². The summed E-state index contributed by atoms with van der Waals surface area (Å²) in [6.45, 7) is 9.24. The number of alkyl carbamates (subject to hydrolysis) is 1. The van der Waals surface area contributed by atoms with Gasteiger partial charge in [-0.25, -0.2) is 9.59 Å².